The fraction of sp³-hybridized carbons (Fsp3) is 0.429. The molecule has 1 aromatic heterocycles. The third-order valence-electron chi connectivity index (χ3n) is 3.56. The molecule has 2 atom stereocenters. The maximum absolute atomic E-state index is 10.5. The summed E-state index contributed by atoms with van der Waals surface area (Å²) in [6.45, 7) is 1.03. The number of thiophene rings is 1. The van der Waals surface area contributed by atoms with Crippen LogP contribution in [0.1, 0.15) is 30.9 Å². The standard InChI is InChI=1S/C14H17NOS/c16-14(12-6-3-4-8-15-12)11-9-17-13-7-2-1-5-10(11)13/h1-2,5,7,9,12,14-16H,3-4,6,8H2. The maximum atomic E-state index is 10.5. The lowest BCUT2D eigenvalue weighted by Crippen LogP contribution is -2.38. The molecule has 2 nitrogen and oxygen atoms in total. The van der Waals surface area contributed by atoms with E-state index in [1.807, 2.05) is 12.1 Å². The van der Waals surface area contributed by atoms with E-state index in [0.29, 0.717) is 0 Å². The van der Waals surface area contributed by atoms with Crippen LogP contribution in [0.5, 0.6) is 0 Å². The summed E-state index contributed by atoms with van der Waals surface area (Å²) in [4.78, 5) is 0. The van der Waals surface area contributed by atoms with Crippen LogP contribution in [0, 0.1) is 0 Å². The normalized spacial score (nSPS) is 22.8. The summed E-state index contributed by atoms with van der Waals surface area (Å²) < 4.78 is 1.26. The molecule has 1 aliphatic rings. The first-order valence-electron chi connectivity index (χ1n) is 6.24. The summed E-state index contributed by atoms with van der Waals surface area (Å²) >= 11 is 1.72. The second-order valence-corrected chi connectivity index (χ2v) is 5.60. The van der Waals surface area contributed by atoms with Crippen molar-refractivity contribution >= 4 is 21.4 Å². The lowest BCUT2D eigenvalue weighted by atomic mass is 9.95. The van der Waals surface area contributed by atoms with Gasteiger partial charge in [0.15, 0.2) is 0 Å². The van der Waals surface area contributed by atoms with Crippen molar-refractivity contribution in [2.24, 2.45) is 0 Å². The van der Waals surface area contributed by atoms with Gasteiger partial charge in [0, 0.05) is 16.3 Å². The fourth-order valence-corrected chi connectivity index (χ4v) is 3.58. The molecular weight excluding hydrogens is 230 g/mol. The summed E-state index contributed by atoms with van der Waals surface area (Å²) in [6, 6.07) is 8.53. The van der Waals surface area contributed by atoms with Gasteiger partial charge in [-0.1, -0.05) is 24.6 Å². The van der Waals surface area contributed by atoms with Gasteiger partial charge in [-0.25, -0.2) is 0 Å². The van der Waals surface area contributed by atoms with Crippen molar-refractivity contribution in [1.82, 2.24) is 5.32 Å². The summed E-state index contributed by atoms with van der Waals surface area (Å²) in [5.41, 5.74) is 1.09. The Bertz CT molecular complexity index is 502. The molecule has 17 heavy (non-hydrogen) atoms. The Balaban J connectivity index is 1.92. The molecule has 1 aliphatic heterocycles. The van der Waals surface area contributed by atoms with Crippen LogP contribution in [0.2, 0.25) is 0 Å². The molecule has 0 bridgehead atoms. The van der Waals surface area contributed by atoms with E-state index in [4.69, 9.17) is 0 Å². The predicted molar refractivity (Wildman–Crippen MR) is 72.4 cm³/mol. The van der Waals surface area contributed by atoms with E-state index < -0.39 is 0 Å². The molecule has 0 saturated carbocycles. The van der Waals surface area contributed by atoms with Crippen molar-refractivity contribution in [2.75, 3.05) is 6.54 Å². The third kappa shape index (κ3) is 2.10. The number of hydrogen-bond acceptors (Lipinski definition) is 3. The largest absolute Gasteiger partial charge is 0.387 e. The van der Waals surface area contributed by atoms with Crippen molar-refractivity contribution in [1.29, 1.82) is 0 Å². The molecule has 0 spiro atoms. The molecule has 2 unspecified atom stereocenters. The molecule has 1 fully saturated rings. The summed E-state index contributed by atoms with van der Waals surface area (Å²) in [5.74, 6) is 0. The number of aliphatic hydroxyl groups is 1. The molecule has 90 valence electrons. The van der Waals surface area contributed by atoms with Crippen LogP contribution in [-0.4, -0.2) is 17.7 Å². The van der Waals surface area contributed by atoms with E-state index >= 15 is 0 Å². The molecule has 0 amide bonds. The third-order valence-corrected chi connectivity index (χ3v) is 4.54. The fourth-order valence-electron chi connectivity index (χ4n) is 2.59. The highest BCUT2D eigenvalue weighted by Crippen LogP contribution is 2.33. The Morgan fingerprint density at radius 2 is 2.18 bits per heavy atom. The van der Waals surface area contributed by atoms with Gasteiger partial charge in [0.25, 0.3) is 0 Å². The molecule has 2 N–H and O–H groups in total. The van der Waals surface area contributed by atoms with Gasteiger partial charge in [-0.2, -0.15) is 0 Å². The maximum Gasteiger partial charge on any atom is 0.0956 e. The second kappa shape index (κ2) is 4.77. The van der Waals surface area contributed by atoms with Gasteiger partial charge in [0.1, 0.15) is 0 Å². The average molecular weight is 247 g/mol. The van der Waals surface area contributed by atoms with Crippen LogP contribution >= 0.6 is 11.3 Å². The molecule has 1 aromatic carbocycles. The van der Waals surface area contributed by atoms with Crippen LogP contribution < -0.4 is 5.32 Å². The number of rotatable bonds is 2. The van der Waals surface area contributed by atoms with Gasteiger partial charge in [0.05, 0.1) is 6.10 Å². The summed E-state index contributed by atoms with van der Waals surface area (Å²) in [7, 11) is 0. The Morgan fingerprint density at radius 1 is 1.29 bits per heavy atom. The van der Waals surface area contributed by atoms with Crippen molar-refractivity contribution in [2.45, 2.75) is 31.4 Å². The highest BCUT2D eigenvalue weighted by atomic mass is 32.1. The minimum Gasteiger partial charge on any atom is -0.387 e. The smallest absolute Gasteiger partial charge is 0.0956 e. The van der Waals surface area contributed by atoms with Crippen LogP contribution in [0.3, 0.4) is 0 Å². The summed E-state index contributed by atoms with van der Waals surface area (Å²) in [5, 5.41) is 17.2. The van der Waals surface area contributed by atoms with Crippen LogP contribution in [-0.2, 0) is 0 Å². The van der Waals surface area contributed by atoms with E-state index in [1.54, 1.807) is 11.3 Å². The molecule has 3 heteroatoms. The predicted octanol–water partition coefficient (Wildman–Crippen LogP) is 3.08. The number of aliphatic hydroxyl groups excluding tert-OH is 1. The molecule has 2 heterocycles. The minimum absolute atomic E-state index is 0.224. The quantitative estimate of drug-likeness (QED) is 0.854. The zero-order valence-corrected chi connectivity index (χ0v) is 10.5. The van der Waals surface area contributed by atoms with Gasteiger partial charge in [-0.3, -0.25) is 0 Å². The van der Waals surface area contributed by atoms with Gasteiger partial charge >= 0.3 is 0 Å². The van der Waals surface area contributed by atoms with E-state index in [2.05, 4.69) is 22.8 Å². The first-order valence-corrected chi connectivity index (χ1v) is 7.12. The van der Waals surface area contributed by atoms with Crippen molar-refractivity contribution in [3.8, 4) is 0 Å². The second-order valence-electron chi connectivity index (χ2n) is 4.69. The van der Waals surface area contributed by atoms with Gasteiger partial charge < -0.3 is 10.4 Å². The molecule has 1 saturated heterocycles. The van der Waals surface area contributed by atoms with Crippen molar-refractivity contribution < 1.29 is 5.11 Å². The minimum atomic E-state index is -0.369. The Labute approximate surface area is 105 Å². The molecule has 0 radical (unpaired) electrons. The van der Waals surface area contributed by atoms with E-state index in [9.17, 15) is 5.11 Å². The summed E-state index contributed by atoms with van der Waals surface area (Å²) in [6.07, 6.45) is 3.15. The van der Waals surface area contributed by atoms with Crippen LogP contribution in [0.15, 0.2) is 29.6 Å². The first kappa shape index (κ1) is 11.2. The topological polar surface area (TPSA) is 32.3 Å². The molecule has 3 rings (SSSR count). The highest BCUT2D eigenvalue weighted by molar-refractivity contribution is 7.17. The van der Waals surface area contributed by atoms with Crippen molar-refractivity contribution in [3.63, 3.8) is 0 Å². The monoisotopic (exact) mass is 247 g/mol. The van der Waals surface area contributed by atoms with Crippen LogP contribution in [0.4, 0.5) is 0 Å². The number of hydrogen-bond donors (Lipinski definition) is 2. The Morgan fingerprint density at radius 3 is 3.00 bits per heavy atom. The lowest BCUT2D eigenvalue weighted by molar-refractivity contribution is 0.115. The van der Waals surface area contributed by atoms with E-state index in [0.717, 1.165) is 18.5 Å². The lowest BCUT2D eigenvalue weighted by Gasteiger charge is -2.27. The number of nitrogens with one attached hydrogen (secondary N) is 1. The highest BCUT2D eigenvalue weighted by Gasteiger charge is 2.24. The van der Waals surface area contributed by atoms with Gasteiger partial charge in [-0.05, 0) is 36.2 Å². The Hall–Kier alpha value is -0.900. The van der Waals surface area contributed by atoms with Crippen LogP contribution in [0.25, 0.3) is 10.1 Å². The zero-order valence-electron chi connectivity index (χ0n) is 9.73. The number of fused-ring (bicyclic) bond motifs is 1. The van der Waals surface area contributed by atoms with E-state index in [1.165, 1.54) is 22.9 Å². The van der Waals surface area contributed by atoms with E-state index in [-0.39, 0.29) is 12.1 Å². The first-order chi connectivity index (χ1) is 8.36. The Kier molecular flexibility index (Phi) is 3.14. The van der Waals surface area contributed by atoms with Crippen molar-refractivity contribution in [3.05, 3.63) is 35.2 Å². The molecule has 2 aromatic rings. The molecule has 0 aliphatic carbocycles. The molecular formula is C14H17NOS. The average Bonchev–Trinajstić information content (AvgIpc) is 2.83. The van der Waals surface area contributed by atoms with Gasteiger partial charge in [0.2, 0.25) is 0 Å². The van der Waals surface area contributed by atoms with Gasteiger partial charge in [-0.15, -0.1) is 11.3 Å². The SMILES string of the molecule is OC(c1csc2ccccc12)C1CCCCN1. The number of piperidine rings is 1. The zero-order chi connectivity index (χ0) is 11.7. The number of benzene rings is 1.